The first-order chi connectivity index (χ1) is 10.8. The van der Waals surface area contributed by atoms with Crippen molar-refractivity contribution in [2.75, 3.05) is 26.7 Å². The molecular formula is C16H24N2O3S2. The third kappa shape index (κ3) is 5.22. The Morgan fingerprint density at radius 3 is 1.91 bits per heavy atom. The highest BCUT2D eigenvalue weighted by atomic mass is 32.2. The van der Waals surface area contributed by atoms with Crippen LogP contribution in [0.5, 0.6) is 0 Å². The quantitative estimate of drug-likeness (QED) is 0.437. The second-order valence-corrected chi connectivity index (χ2v) is 6.97. The molecule has 2 fully saturated rings. The molecule has 0 aromatic rings. The Kier molecular flexibility index (Phi) is 8.08. The second kappa shape index (κ2) is 9.30. The molecule has 1 amide bonds. The zero-order valence-electron chi connectivity index (χ0n) is 14.1. The van der Waals surface area contributed by atoms with E-state index in [-0.39, 0.29) is 30.3 Å². The van der Waals surface area contributed by atoms with E-state index >= 15 is 0 Å². The van der Waals surface area contributed by atoms with Crippen molar-refractivity contribution in [1.29, 1.82) is 0 Å². The van der Waals surface area contributed by atoms with Crippen LogP contribution in [-0.2, 0) is 14.4 Å². The molecule has 0 aromatic carbocycles. The molecule has 0 spiro atoms. The molecule has 1 aliphatic heterocycles. The van der Waals surface area contributed by atoms with Gasteiger partial charge < -0.3 is 4.90 Å². The number of thiocarbonyl (C=S) groups is 1. The standard InChI is InChI=1S/C10H9NO3S2.C6H15N/c1-11-9(14)8(16-10(11)15)4-5-6(12)2-3-7(5)13;1-4-7(5-2)6-3/h4-5H,2-3H2,1H3;4-6H2,1-3H3. The van der Waals surface area contributed by atoms with Crippen molar-refractivity contribution in [1.82, 2.24) is 9.80 Å². The van der Waals surface area contributed by atoms with E-state index in [0.29, 0.717) is 9.23 Å². The van der Waals surface area contributed by atoms with Gasteiger partial charge in [0.2, 0.25) is 0 Å². The van der Waals surface area contributed by atoms with Crippen LogP contribution < -0.4 is 0 Å². The number of rotatable bonds is 4. The van der Waals surface area contributed by atoms with E-state index in [1.165, 1.54) is 30.6 Å². The molecule has 2 aliphatic rings. The van der Waals surface area contributed by atoms with Crippen LogP contribution in [0.3, 0.4) is 0 Å². The molecule has 23 heavy (non-hydrogen) atoms. The minimum absolute atomic E-state index is 0.105. The summed E-state index contributed by atoms with van der Waals surface area (Å²) in [6.07, 6.45) is 2.03. The van der Waals surface area contributed by atoms with Crippen LogP contribution in [0.2, 0.25) is 0 Å². The van der Waals surface area contributed by atoms with Crippen LogP contribution in [-0.4, -0.2) is 58.3 Å². The molecule has 128 valence electrons. The van der Waals surface area contributed by atoms with Crippen LogP contribution >= 0.6 is 24.0 Å². The molecule has 7 heteroatoms. The topological polar surface area (TPSA) is 57.7 Å². The molecule has 1 saturated carbocycles. The maximum absolute atomic E-state index is 11.6. The van der Waals surface area contributed by atoms with Gasteiger partial charge in [0, 0.05) is 19.9 Å². The minimum Gasteiger partial charge on any atom is -0.304 e. The van der Waals surface area contributed by atoms with Gasteiger partial charge in [0.15, 0.2) is 0 Å². The summed E-state index contributed by atoms with van der Waals surface area (Å²) in [6.45, 7) is 10.1. The van der Waals surface area contributed by atoms with Crippen molar-refractivity contribution >= 4 is 45.8 Å². The SMILES string of the molecule is CCN(CC)CC.CN1C(=O)C(=CC2C(=O)CCC2=O)SC1=S. The maximum Gasteiger partial charge on any atom is 0.265 e. The number of thioether (sulfide) groups is 1. The van der Waals surface area contributed by atoms with Crippen molar-refractivity contribution in [2.45, 2.75) is 33.6 Å². The van der Waals surface area contributed by atoms with E-state index in [4.69, 9.17) is 12.2 Å². The highest BCUT2D eigenvalue weighted by molar-refractivity contribution is 8.26. The Balaban J connectivity index is 0.000000322. The first kappa shape index (κ1) is 20.0. The second-order valence-electron chi connectivity index (χ2n) is 5.29. The molecule has 0 N–H and O–H groups in total. The van der Waals surface area contributed by atoms with Gasteiger partial charge in [-0.25, -0.2) is 0 Å². The van der Waals surface area contributed by atoms with E-state index < -0.39 is 5.92 Å². The number of hydrogen-bond donors (Lipinski definition) is 0. The van der Waals surface area contributed by atoms with E-state index in [9.17, 15) is 14.4 Å². The zero-order chi connectivity index (χ0) is 17.6. The van der Waals surface area contributed by atoms with Gasteiger partial charge in [-0.15, -0.1) is 0 Å². The molecule has 1 heterocycles. The smallest absolute Gasteiger partial charge is 0.265 e. The minimum atomic E-state index is -0.735. The number of ketones is 2. The average Bonchev–Trinajstić information content (AvgIpc) is 2.98. The van der Waals surface area contributed by atoms with E-state index in [1.54, 1.807) is 7.05 Å². The molecule has 0 bridgehead atoms. The zero-order valence-corrected chi connectivity index (χ0v) is 15.8. The first-order valence-corrected chi connectivity index (χ1v) is 9.07. The highest BCUT2D eigenvalue weighted by Gasteiger charge is 2.35. The molecule has 0 unspecified atom stereocenters. The molecule has 5 nitrogen and oxygen atoms in total. The summed E-state index contributed by atoms with van der Waals surface area (Å²) in [5.74, 6) is -1.18. The van der Waals surface area contributed by atoms with Crippen molar-refractivity contribution in [2.24, 2.45) is 5.92 Å². The lowest BCUT2D eigenvalue weighted by atomic mass is 10.1. The van der Waals surface area contributed by atoms with Crippen molar-refractivity contribution in [3.8, 4) is 0 Å². The fraction of sp³-hybridized carbons (Fsp3) is 0.625. The average molecular weight is 357 g/mol. The number of nitrogens with zero attached hydrogens (tertiary/aromatic N) is 2. The van der Waals surface area contributed by atoms with Crippen LogP contribution in [0.4, 0.5) is 0 Å². The summed E-state index contributed by atoms with van der Waals surface area (Å²) in [7, 11) is 1.58. The van der Waals surface area contributed by atoms with Crippen LogP contribution in [0.1, 0.15) is 33.6 Å². The summed E-state index contributed by atoms with van der Waals surface area (Å²) in [6, 6.07) is 0. The summed E-state index contributed by atoms with van der Waals surface area (Å²) in [5.41, 5.74) is 0. The maximum atomic E-state index is 11.6. The number of Topliss-reactive ketones (excluding diaryl/α,β-unsaturated/α-hetero) is 2. The summed E-state index contributed by atoms with van der Waals surface area (Å²) in [4.78, 5) is 38.6. The first-order valence-electron chi connectivity index (χ1n) is 7.85. The van der Waals surface area contributed by atoms with Crippen molar-refractivity contribution in [3.63, 3.8) is 0 Å². The fourth-order valence-corrected chi connectivity index (χ4v) is 3.49. The predicted octanol–water partition coefficient (Wildman–Crippen LogP) is 2.26. The molecule has 2 rings (SSSR count). The highest BCUT2D eigenvalue weighted by Crippen LogP contribution is 2.32. The summed E-state index contributed by atoms with van der Waals surface area (Å²) < 4.78 is 0.453. The fourth-order valence-electron chi connectivity index (χ4n) is 2.30. The number of allylic oxidation sites excluding steroid dienone is 1. The Morgan fingerprint density at radius 1 is 1.13 bits per heavy atom. The van der Waals surface area contributed by atoms with Crippen LogP contribution in [0.25, 0.3) is 0 Å². The molecule has 0 aromatic heterocycles. The Hall–Kier alpha value is -1.05. The molecule has 1 saturated heterocycles. The monoisotopic (exact) mass is 356 g/mol. The van der Waals surface area contributed by atoms with Gasteiger partial charge in [0.1, 0.15) is 15.9 Å². The lowest BCUT2D eigenvalue weighted by Gasteiger charge is -2.13. The number of likely N-dealkylation sites (N-methyl/N-ethyl adjacent to an activating group) is 1. The van der Waals surface area contributed by atoms with E-state index in [1.807, 2.05) is 0 Å². The Labute approximate surface area is 147 Å². The Morgan fingerprint density at radius 2 is 1.61 bits per heavy atom. The number of carbonyl (C=O) groups excluding carboxylic acids is 3. The summed E-state index contributed by atoms with van der Waals surface area (Å²) in [5, 5.41) is 0. The normalized spacial score (nSPS) is 20.7. The number of carbonyl (C=O) groups is 3. The lowest BCUT2D eigenvalue weighted by molar-refractivity contribution is -0.125. The third-order valence-electron chi connectivity index (χ3n) is 3.96. The van der Waals surface area contributed by atoms with Crippen LogP contribution in [0.15, 0.2) is 11.0 Å². The van der Waals surface area contributed by atoms with Crippen molar-refractivity contribution < 1.29 is 14.4 Å². The number of hydrogen-bond acceptors (Lipinski definition) is 6. The van der Waals surface area contributed by atoms with Gasteiger partial charge in [-0.05, 0) is 25.7 Å². The lowest BCUT2D eigenvalue weighted by Crippen LogP contribution is -2.23. The molecule has 0 atom stereocenters. The Bertz CT molecular complexity index is 506. The third-order valence-corrected chi connectivity index (χ3v) is 5.46. The van der Waals surface area contributed by atoms with Gasteiger partial charge >= 0.3 is 0 Å². The van der Waals surface area contributed by atoms with E-state index in [2.05, 4.69) is 25.7 Å². The van der Waals surface area contributed by atoms with Crippen molar-refractivity contribution in [3.05, 3.63) is 11.0 Å². The van der Waals surface area contributed by atoms with Gasteiger partial charge in [0.25, 0.3) is 5.91 Å². The molecule has 1 aliphatic carbocycles. The summed E-state index contributed by atoms with van der Waals surface area (Å²) >= 11 is 6.09. The molecular weight excluding hydrogens is 332 g/mol. The van der Waals surface area contributed by atoms with Gasteiger partial charge in [-0.3, -0.25) is 19.3 Å². The van der Waals surface area contributed by atoms with Gasteiger partial charge in [-0.1, -0.05) is 44.8 Å². The molecule has 0 radical (unpaired) electrons. The van der Waals surface area contributed by atoms with Gasteiger partial charge in [-0.2, -0.15) is 0 Å². The van der Waals surface area contributed by atoms with E-state index in [0.717, 1.165) is 11.8 Å². The number of amides is 1. The largest absolute Gasteiger partial charge is 0.304 e. The van der Waals surface area contributed by atoms with Gasteiger partial charge in [0.05, 0.1) is 10.8 Å². The van der Waals surface area contributed by atoms with Crippen LogP contribution in [0, 0.1) is 5.92 Å². The predicted molar refractivity (Wildman–Crippen MR) is 97.2 cm³/mol.